The molecule has 0 atom stereocenters. The molecule has 1 heterocycles. The highest BCUT2D eigenvalue weighted by atomic mass is 16.5. The van der Waals surface area contributed by atoms with Crippen LogP contribution < -0.4 is 4.74 Å². The molecule has 3 heteroatoms. The van der Waals surface area contributed by atoms with Crippen LogP contribution in [-0.2, 0) is 13.0 Å². The highest BCUT2D eigenvalue weighted by molar-refractivity contribution is 6.06. The van der Waals surface area contributed by atoms with Crippen LogP contribution >= 0.6 is 0 Å². The lowest BCUT2D eigenvalue weighted by Gasteiger charge is -2.09. The van der Waals surface area contributed by atoms with Gasteiger partial charge in [0.2, 0.25) is 0 Å². The highest BCUT2D eigenvalue weighted by Crippen LogP contribution is 2.34. The molecule has 114 valence electrons. The summed E-state index contributed by atoms with van der Waals surface area (Å²) in [5.41, 5.74) is 2.83. The molecule has 0 spiro atoms. The zero-order valence-electron chi connectivity index (χ0n) is 13.0. The molecule has 0 aliphatic carbocycles. The van der Waals surface area contributed by atoms with E-state index in [1.54, 1.807) is 0 Å². The molecule has 0 saturated heterocycles. The van der Waals surface area contributed by atoms with Crippen molar-refractivity contribution >= 4 is 21.9 Å². The van der Waals surface area contributed by atoms with Crippen molar-refractivity contribution in [3.63, 3.8) is 0 Å². The number of fused-ring (bicyclic) bond motifs is 3. The first-order valence-electron chi connectivity index (χ1n) is 7.83. The van der Waals surface area contributed by atoms with Crippen LogP contribution in [0.3, 0.4) is 0 Å². The number of ether oxygens (including phenoxy) is 1. The lowest BCUT2D eigenvalue weighted by Crippen LogP contribution is -1.95. The number of benzene rings is 3. The van der Waals surface area contributed by atoms with E-state index in [-0.39, 0.29) is 0 Å². The van der Waals surface area contributed by atoms with Crippen LogP contribution in [0.1, 0.15) is 18.4 Å². The minimum atomic E-state index is 0.533. The van der Waals surface area contributed by atoms with E-state index in [2.05, 4.69) is 29.2 Å². The largest absolute Gasteiger partial charge is 0.488 e. The van der Waals surface area contributed by atoms with Crippen LogP contribution in [0.25, 0.3) is 21.9 Å². The number of rotatable bonds is 4. The Kier molecular flexibility index (Phi) is 3.46. The predicted octanol–water partition coefficient (Wildman–Crippen LogP) is 5.12. The van der Waals surface area contributed by atoms with Crippen molar-refractivity contribution in [2.75, 3.05) is 0 Å². The van der Waals surface area contributed by atoms with Crippen LogP contribution in [0.4, 0.5) is 0 Å². The molecule has 0 bridgehead atoms. The summed E-state index contributed by atoms with van der Waals surface area (Å²) in [6.45, 7) is 2.57. The number of aromatic nitrogens is 1. The second-order valence-electron chi connectivity index (χ2n) is 5.50. The maximum atomic E-state index is 6.07. The molecule has 0 aliphatic heterocycles. The number of hydrogen-bond acceptors (Lipinski definition) is 3. The Morgan fingerprint density at radius 3 is 2.48 bits per heavy atom. The fourth-order valence-electron chi connectivity index (χ4n) is 2.78. The summed E-state index contributed by atoms with van der Waals surface area (Å²) in [5, 5.41) is 2.13. The Hall–Kier alpha value is -2.81. The zero-order valence-corrected chi connectivity index (χ0v) is 13.0. The second-order valence-corrected chi connectivity index (χ2v) is 5.50. The Bertz CT molecular complexity index is 957. The van der Waals surface area contributed by atoms with Crippen molar-refractivity contribution in [3.8, 4) is 5.75 Å². The van der Waals surface area contributed by atoms with Gasteiger partial charge in [0.25, 0.3) is 0 Å². The molecule has 0 fully saturated rings. The number of hydrogen-bond donors (Lipinski definition) is 0. The first-order valence-corrected chi connectivity index (χ1v) is 7.83. The first-order chi connectivity index (χ1) is 11.3. The lowest BCUT2D eigenvalue weighted by molar-refractivity contribution is 0.310. The third kappa shape index (κ3) is 2.55. The molecule has 4 aromatic rings. The molecule has 0 saturated carbocycles. The second kappa shape index (κ2) is 5.76. The van der Waals surface area contributed by atoms with Gasteiger partial charge in [-0.05, 0) is 5.56 Å². The van der Waals surface area contributed by atoms with Crippen LogP contribution in [0.15, 0.2) is 65.1 Å². The van der Waals surface area contributed by atoms with Gasteiger partial charge >= 0.3 is 0 Å². The average Bonchev–Trinajstić information content (AvgIpc) is 3.04. The van der Waals surface area contributed by atoms with Crippen molar-refractivity contribution in [2.24, 2.45) is 0 Å². The van der Waals surface area contributed by atoms with E-state index < -0.39 is 0 Å². The topological polar surface area (TPSA) is 35.3 Å². The number of oxazole rings is 1. The van der Waals surface area contributed by atoms with Crippen molar-refractivity contribution in [3.05, 3.63) is 72.1 Å². The maximum Gasteiger partial charge on any atom is 0.195 e. The standard InChI is InChI=1S/C20H17NO2/c1-2-19-21-20-16-11-7-6-10-15(16)17(12-18(20)23-19)22-13-14-8-4-3-5-9-14/h3-12H,2,13H2,1H3. The average molecular weight is 303 g/mol. The minimum absolute atomic E-state index is 0.533. The molecule has 0 aliphatic rings. The fourth-order valence-corrected chi connectivity index (χ4v) is 2.78. The Balaban J connectivity index is 1.80. The van der Waals surface area contributed by atoms with Gasteiger partial charge in [-0.3, -0.25) is 0 Å². The van der Waals surface area contributed by atoms with E-state index in [4.69, 9.17) is 9.15 Å². The lowest BCUT2D eigenvalue weighted by atomic mass is 10.1. The summed E-state index contributed by atoms with van der Waals surface area (Å²) in [5.74, 6) is 1.58. The van der Waals surface area contributed by atoms with Crippen LogP contribution in [0.2, 0.25) is 0 Å². The first kappa shape index (κ1) is 13.8. The normalized spacial score (nSPS) is 11.2. The molecule has 0 unspecified atom stereocenters. The summed E-state index contributed by atoms with van der Waals surface area (Å²) >= 11 is 0. The summed E-state index contributed by atoms with van der Waals surface area (Å²) in [4.78, 5) is 4.60. The van der Waals surface area contributed by atoms with E-state index in [9.17, 15) is 0 Å². The molecule has 4 rings (SSSR count). The quantitative estimate of drug-likeness (QED) is 0.524. The van der Waals surface area contributed by atoms with E-state index >= 15 is 0 Å². The smallest absolute Gasteiger partial charge is 0.195 e. The number of aryl methyl sites for hydroxylation is 1. The van der Waals surface area contributed by atoms with E-state index in [0.29, 0.717) is 6.61 Å². The van der Waals surface area contributed by atoms with E-state index in [1.807, 2.05) is 43.3 Å². The monoisotopic (exact) mass is 303 g/mol. The van der Waals surface area contributed by atoms with Gasteiger partial charge < -0.3 is 9.15 Å². The van der Waals surface area contributed by atoms with Crippen molar-refractivity contribution in [1.29, 1.82) is 0 Å². The third-order valence-electron chi connectivity index (χ3n) is 3.95. The van der Waals surface area contributed by atoms with Gasteiger partial charge in [0.05, 0.1) is 0 Å². The fraction of sp³-hybridized carbons (Fsp3) is 0.150. The van der Waals surface area contributed by atoms with Gasteiger partial charge in [-0.1, -0.05) is 61.5 Å². The molecule has 3 nitrogen and oxygen atoms in total. The molecule has 1 aromatic heterocycles. The van der Waals surface area contributed by atoms with Gasteiger partial charge in [0.15, 0.2) is 11.5 Å². The van der Waals surface area contributed by atoms with Gasteiger partial charge in [-0.25, -0.2) is 4.98 Å². The molecule has 0 radical (unpaired) electrons. The molecular formula is C20H17NO2. The molecule has 0 N–H and O–H groups in total. The van der Waals surface area contributed by atoms with E-state index in [1.165, 1.54) is 0 Å². The van der Waals surface area contributed by atoms with Gasteiger partial charge in [-0.2, -0.15) is 0 Å². The Morgan fingerprint density at radius 1 is 0.957 bits per heavy atom. The molecule has 0 amide bonds. The Morgan fingerprint density at radius 2 is 1.70 bits per heavy atom. The molecular weight excluding hydrogens is 286 g/mol. The minimum Gasteiger partial charge on any atom is -0.488 e. The van der Waals surface area contributed by atoms with Gasteiger partial charge in [0.1, 0.15) is 17.9 Å². The van der Waals surface area contributed by atoms with Crippen molar-refractivity contribution in [1.82, 2.24) is 4.98 Å². The van der Waals surface area contributed by atoms with E-state index in [0.717, 1.165) is 45.5 Å². The summed E-state index contributed by atoms with van der Waals surface area (Å²) in [7, 11) is 0. The molecule has 3 aromatic carbocycles. The third-order valence-corrected chi connectivity index (χ3v) is 3.95. The van der Waals surface area contributed by atoms with Crippen molar-refractivity contribution in [2.45, 2.75) is 20.0 Å². The summed E-state index contributed by atoms with van der Waals surface area (Å²) in [6, 6.07) is 20.3. The van der Waals surface area contributed by atoms with Crippen LogP contribution in [-0.4, -0.2) is 4.98 Å². The van der Waals surface area contributed by atoms with Crippen LogP contribution in [0.5, 0.6) is 5.75 Å². The zero-order chi connectivity index (χ0) is 15.6. The van der Waals surface area contributed by atoms with Crippen LogP contribution in [0, 0.1) is 0 Å². The van der Waals surface area contributed by atoms with Gasteiger partial charge in [-0.15, -0.1) is 0 Å². The Labute approximate surface area is 134 Å². The SMILES string of the molecule is CCc1nc2c(cc(OCc3ccccc3)c3ccccc32)o1. The van der Waals surface area contributed by atoms with Crippen molar-refractivity contribution < 1.29 is 9.15 Å². The predicted molar refractivity (Wildman–Crippen MR) is 91.7 cm³/mol. The molecule has 23 heavy (non-hydrogen) atoms. The summed E-state index contributed by atoms with van der Waals surface area (Å²) < 4.78 is 11.9. The maximum absolute atomic E-state index is 6.07. The number of nitrogens with zero attached hydrogens (tertiary/aromatic N) is 1. The highest BCUT2D eigenvalue weighted by Gasteiger charge is 2.13. The summed E-state index contributed by atoms with van der Waals surface area (Å²) in [6.07, 6.45) is 0.781. The van der Waals surface area contributed by atoms with Gasteiger partial charge in [0, 0.05) is 23.3 Å².